The zero-order valence-corrected chi connectivity index (χ0v) is 13.7. The number of carbonyl (C=O) groups excluding carboxylic acids is 3. The van der Waals surface area contributed by atoms with Crippen molar-refractivity contribution in [3.8, 4) is 0 Å². The second-order valence-corrected chi connectivity index (χ2v) is 5.54. The number of hydrogen-bond donors (Lipinski definition) is 4. The molecular weight excluding hydrogens is 296 g/mol. The molecule has 7 nitrogen and oxygen atoms in total. The van der Waals surface area contributed by atoms with Crippen molar-refractivity contribution < 1.29 is 14.4 Å². The van der Waals surface area contributed by atoms with Gasteiger partial charge < -0.3 is 21.7 Å². The molecule has 0 aliphatic rings. The Labute approximate surface area is 136 Å². The highest BCUT2D eigenvalue weighted by molar-refractivity contribution is 5.94. The van der Waals surface area contributed by atoms with Gasteiger partial charge in [-0.15, -0.1) is 0 Å². The Kier molecular flexibility index (Phi) is 7.21. The van der Waals surface area contributed by atoms with E-state index in [1.165, 1.54) is 0 Å². The lowest BCUT2D eigenvalue weighted by atomic mass is 10.1. The number of nitrogens with two attached hydrogens (primary N) is 1. The second-order valence-electron chi connectivity index (χ2n) is 5.54. The third kappa shape index (κ3) is 6.07. The molecule has 3 amide bonds. The highest BCUT2D eigenvalue weighted by Gasteiger charge is 2.17. The quantitative estimate of drug-likeness (QED) is 0.555. The molecule has 5 N–H and O–H groups in total. The van der Waals surface area contributed by atoms with E-state index in [9.17, 15) is 14.4 Å². The Morgan fingerprint density at radius 1 is 1.17 bits per heavy atom. The summed E-state index contributed by atoms with van der Waals surface area (Å²) in [5.41, 5.74) is 7.01. The van der Waals surface area contributed by atoms with E-state index in [0.29, 0.717) is 5.56 Å². The molecule has 1 aromatic carbocycles. The maximum absolute atomic E-state index is 11.7. The zero-order chi connectivity index (χ0) is 17.4. The molecule has 0 aliphatic heterocycles. The third-order valence-electron chi connectivity index (χ3n) is 3.35. The Morgan fingerprint density at radius 2 is 1.87 bits per heavy atom. The van der Waals surface area contributed by atoms with Gasteiger partial charge in [-0.2, -0.15) is 0 Å². The predicted octanol–water partition coefficient (Wildman–Crippen LogP) is -0.238. The van der Waals surface area contributed by atoms with Crippen molar-refractivity contribution in [3.63, 3.8) is 0 Å². The van der Waals surface area contributed by atoms with Gasteiger partial charge in [0.1, 0.15) is 0 Å². The first-order valence-electron chi connectivity index (χ1n) is 7.46. The number of rotatable bonds is 7. The fourth-order valence-corrected chi connectivity index (χ4v) is 1.82. The van der Waals surface area contributed by atoms with Crippen LogP contribution in [0.3, 0.4) is 0 Å². The van der Waals surface area contributed by atoms with Gasteiger partial charge in [-0.25, -0.2) is 0 Å². The van der Waals surface area contributed by atoms with Gasteiger partial charge >= 0.3 is 0 Å². The van der Waals surface area contributed by atoms with Crippen molar-refractivity contribution in [2.45, 2.75) is 26.4 Å². The lowest BCUT2D eigenvalue weighted by Crippen LogP contribution is -2.47. The first-order valence-corrected chi connectivity index (χ1v) is 7.46. The van der Waals surface area contributed by atoms with Crippen LogP contribution < -0.4 is 21.7 Å². The number of hydrogen-bond acceptors (Lipinski definition) is 4. The number of carbonyl (C=O) groups is 3. The molecule has 0 saturated heterocycles. The summed E-state index contributed by atoms with van der Waals surface area (Å²) in [4.78, 5) is 34.9. The molecule has 1 atom stereocenters. The molecule has 0 spiro atoms. The van der Waals surface area contributed by atoms with Gasteiger partial charge in [0.25, 0.3) is 5.91 Å². The van der Waals surface area contributed by atoms with E-state index < -0.39 is 6.04 Å². The van der Waals surface area contributed by atoms with Crippen molar-refractivity contribution >= 4 is 17.7 Å². The average Bonchev–Trinajstić information content (AvgIpc) is 2.56. The van der Waals surface area contributed by atoms with E-state index in [1.54, 1.807) is 31.3 Å². The van der Waals surface area contributed by atoms with Gasteiger partial charge in [-0.1, -0.05) is 26.0 Å². The van der Waals surface area contributed by atoms with E-state index in [0.717, 1.165) is 5.56 Å². The lowest BCUT2D eigenvalue weighted by molar-refractivity contribution is -0.127. The minimum Gasteiger partial charge on any atom is -0.355 e. The Balaban J connectivity index is 2.45. The van der Waals surface area contributed by atoms with E-state index in [4.69, 9.17) is 5.73 Å². The van der Waals surface area contributed by atoms with Gasteiger partial charge in [-0.3, -0.25) is 14.4 Å². The molecule has 0 bridgehead atoms. The minimum absolute atomic E-state index is 0.00510. The summed E-state index contributed by atoms with van der Waals surface area (Å²) in [5.74, 6) is -0.852. The monoisotopic (exact) mass is 320 g/mol. The van der Waals surface area contributed by atoms with Crippen LogP contribution in [0.15, 0.2) is 24.3 Å². The molecule has 1 rings (SSSR count). The van der Waals surface area contributed by atoms with Gasteiger partial charge in [0.2, 0.25) is 11.8 Å². The van der Waals surface area contributed by atoms with Crippen molar-refractivity contribution in [1.29, 1.82) is 0 Å². The first-order chi connectivity index (χ1) is 10.8. The second kappa shape index (κ2) is 8.89. The summed E-state index contributed by atoms with van der Waals surface area (Å²) >= 11 is 0. The molecule has 126 valence electrons. The standard InChI is InChI=1S/C16H24N4O3/c1-10(2)14(17)16(23)20-9-13(21)19-8-11-5-4-6-12(7-11)15(22)18-3/h4-7,10,14H,8-9,17H2,1-3H3,(H,18,22)(H,19,21)(H,20,23)/t14-/m0/s1. The first kappa shape index (κ1) is 18.6. The molecule has 0 aromatic heterocycles. The maximum Gasteiger partial charge on any atom is 0.251 e. The van der Waals surface area contributed by atoms with Gasteiger partial charge in [0, 0.05) is 19.2 Å². The highest BCUT2D eigenvalue weighted by Crippen LogP contribution is 2.05. The van der Waals surface area contributed by atoms with E-state index in [-0.39, 0.29) is 36.7 Å². The molecule has 0 saturated carbocycles. The normalized spacial score (nSPS) is 11.7. The molecule has 0 unspecified atom stereocenters. The zero-order valence-electron chi connectivity index (χ0n) is 13.7. The van der Waals surface area contributed by atoms with Crippen LogP contribution in [0, 0.1) is 5.92 Å². The van der Waals surface area contributed by atoms with Crippen molar-refractivity contribution in [1.82, 2.24) is 16.0 Å². The van der Waals surface area contributed by atoms with Crippen molar-refractivity contribution in [2.24, 2.45) is 11.7 Å². The average molecular weight is 320 g/mol. The molecule has 0 aliphatic carbocycles. The van der Waals surface area contributed by atoms with Crippen LogP contribution in [0.25, 0.3) is 0 Å². The largest absolute Gasteiger partial charge is 0.355 e. The fourth-order valence-electron chi connectivity index (χ4n) is 1.82. The number of amides is 3. The fraction of sp³-hybridized carbons (Fsp3) is 0.438. The summed E-state index contributed by atoms with van der Waals surface area (Å²) in [6.07, 6.45) is 0. The third-order valence-corrected chi connectivity index (χ3v) is 3.35. The van der Waals surface area contributed by atoms with Crippen LogP contribution in [0.2, 0.25) is 0 Å². The Bertz CT molecular complexity index is 572. The highest BCUT2D eigenvalue weighted by atomic mass is 16.2. The topological polar surface area (TPSA) is 113 Å². The summed E-state index contributed by atoms with van der Waals surface area (Å²) < 4.78 is 0. The number of nitrogens with one attached hydrogen (secondary N) is 3. The van der Waals surface area contributed by atoms with Crippen LogP contribution >= 0.6 is 0 Å². The Morgan fingerprint density at radius 3 is 2.48 bits per heavy atom. The molecule has 1 aromatic rings. The van der Waals surface area contributed by atoms with Gasteiger partial charge in [-0.05, 0) is 23.6 Å². The van der Waals surface area contributed by atoms with E-state index in [2.05, 4.69) is 16.0 Å². The van der Waals surface area contributed by atoms with Gasteiger partial charge in [0.15, 0.2) is 0 Å². The van der Waals surface area contributed by atoms with E-state index in [1.807, 2.05) is 13.8 Å². The molecule has 0 heterocycles. The molecule has 0 radical (unpaired) electrons. The van der Waals surface area contributed by atoms with Crippen LogP contribution in [0.1, 0.15) is 29.8 Å². The van der Waals surface area contributed by atoms with Crippen LogP contribution in [-0.4, -0.2) is 37.4 Å². The Hall–Kier alpha value is -2.41. The SMILES string of the molecule is CNC(=O)c1cccc(CNC(=O)CNC(=O)[C@@H](N)C(C)C)c1. The molecule has 7 heteroatoms. The van der Waals surface area contributed by atoms with Crippen LogP contribution in [-0.2, 0) is 16.1 Å². The van der Waals surface area contributed by atoms with Crippen LogP contribution in [0.5, 0.6) is 0 Å². The summed E-state index contributed by atoms with van der Waals surface area (Å²) in [5, 5.41) is 7.72. The number of benzene rings is 1. The van der Waals surface area contributed by atoms with Gasteiger partial charge in [0.05, 0.1) is 12.6 Å². The van der Waals surface area contributed by atoms with Crippen molar-refractivity contribution in [2.75, 3.05) is 13.6 Å². The molecular formula is C16H24N4O3. The van der Waals surface area contributed by atoms with E-state index >= 15 is 0 Å². The maximum atomic E-state index is 11.7. The predicted molar refractivity (Wildman–Crippen MR) is 87.5 cm³/mol. The summed E-state index contributed by atoms with van der Waals surface area (Å²) in [6, 6.07) is 6.31. The lowest BCUT2D eigenvalue weighted by Gasteiger charge is -2.15. The molecule has 23 heavy (non-hydrogen) atoms. The van der Waals surface area contributed by atoms with Crippen molar-refractivity contribution in [3.05, 3.63) is 35.4 Å². The summed E-state index contributed by atoms with van der Waals surface area (Å²) in [7, 11) is 1.56. The summed E-state index contributed by atoms with van der Waals surface area (Å²) in [6.45, 7) is 3.82. The minimum atomic E-state index is -0.632. The van der Waals surface area contributed by atoms with Crippen LogP contribution in [0.4, 0.5) is 0 Å². The smallest absolute Gasteiger partial charge is 0.251 e. The molecule has 0 fully saturated rings.